The molecule has 0 amide bonds. The van der Waals surface area contributed by atoms with E-state index in [-0.39, 0.29) is 0 Å². The summed E-state index contributed by atoms with van der Waals surface area (Å²) in [5.41, 5.74) is 0.590. The normalized spacial score (nSPS) is 50.5. The molecule has 1 nitrogen and oxygen atoms in total. The summed E-state index contributed by atoms with van der Waals surface area (Å²) in [4.78, 5) is 0. The van der Waals surface area contributed by atoms with Crippen molar-refractivity contribution in [2.45, 2.75) is 52.1 Å². The van der Waals surface area contributed by atoms with Crippen molar-refractivity contribution < 1.29 is 4.74 Å². The molecular weight excluding hydrogens is 160 g/mol. The molecule has 0 aromatic heterocycles. The molecule has 0 aromatic carbocycles. The van der Waals surface area contributed by atoms with Gasteiger partial charge >= 0.3 is 0 Å². The fourth-order valence-corrected chi connectivity index (χ4v) is 3.55. The summed E-state index contributed by atoms with van der Waals surface area (Å²) in [6, 6.07) is 0. The van der Waals surface area contributed by atoms with Crippen LogP contribution in [-0.4, -0.2) is 13.2 Å². The first-order valence-electron chi connectivity index (χ1n) is 5.66. The van der Waals surface area contributed by atoms with Gasteiger partial charge in [0.05, 0.1) is 6.10 Å². The molecule has 3 rings (SSSR count). The van der Waals surface area contributed by atoms with Crippen molar-refractivity contribution in [1.82, 2.24) is 0 Å². The number of ether oxygens (including phenoxy) is 1. The van der Waals surface area contributed by atoms with E-state index in [0.717, 1.165) is 11.8 Å². The highest BCUT2D eigenvalue weighted by molar-refractivity contribution is 4.92. The second kappa shape index (κ2) is 3.27. The molecule has 0 heterocycles. The lowest BCUT2D eigenvalue weighted by atomic mass is 9.68. The standard InChI is InChI=1S/C12H22O/c1-9-7-12(2)5-4-10(9)6-11(8-12)13-3/h9-11H,4-8H2,1-3H3. The van der Waals surface area contributed by atoms with Gasteiger partial charge in [-0.1, -0.05) is 13.8 Å². The van der Waals surface area contributed by atoms with Crippen molar-refractivity contribution in [2.75, 3.05) is 7.11 Å². The van der Waals surface area contributed by atoms with Crippen molar-refractivity contribution in [3.8, 4) is 0 Å². The molecule has 3 saturated carbocycles. The van der Waals surface area contributed by atoms with Crippen LogP contribution >= 0.6 is 0 Å². The van der Waals surface area contributed by atoms with Crippen molar-refractivity contribution >= 4 is 0 Å². The maximum atomic E-state index is 5.57. The van der Waals surface area contributed by atoms with Crippen LogP contribution < -0.4 is 0 Å². The molecule has 0 aromatic rings. The molecule has 3 aliphatic rings. The van der Waals surface area contributed by atoms with E-state index in [4.69, 9.17) is 4.74 Å². The highest BCUT2D eigenvalue weighted by Crippen LogP contribution is 2.50. The Hall–Kier alpha value is -0.0400. The molecule has 0 N–H and O–H groups in total. The Labute approximate surface area is 81.9 Å². The third-order valence-corrected chi connectivity index (χ3v) is 4.36. The number of fused-ring (bicyclic) bond motifs is 4. The number of hydrogen-bond acceptors (Lipinski definition) is 1. The Balaban J connectivity index is 2.15. The second-order valence-electron chi connectivity index (χ2n) is 5.59. The zero-order valence-electron chi connectivity index (χ0n) is 9.18. The fourth-order valence-electron chi connectivity index (χ4n) is 3.55. The van der Waals surface area contributed by atoms with Gasteiger partial charge in [0.25, 0.3) is 0 Å². The number of methoxy groups -OCH3 is 1. The van der Waals surface area contributed by atoms with Crippen LogP contribution in [0.4, 0.5) is 0 Å². The maximum Gasteiger partial charge on any atom is 0.0579 e. The van der Waals surface area contributed by atoms with Crippen LogP contribution in [0, 0.1) is 17.3 Å². The minimum Gasteiger partial charge on any atom is -0.381 e. The van der Waals surface area contributed by atoms with Crippen LogP contribution in [0.15, 0.2) is 0 Å². The van der Waals surface area contributed by atoms with Crippen LogP contribution in [0.1, 0.15) is 46.0 Å². The fraction of sp³-hybridized carbons (Fsp3) is 1.00. The molecule has 3 aliphatic carbocycles. The molecule has 76 valence electrons. The molecule has 13 heavy (non-hydrogen) atoms. The summed E-state index contributed by atoms with van der Waals surface area (Å²) in [5, 5.41) is 0. The van der Waals surface area contributed by atoms with Gasteiger partial charge in [0.2, 0.25) is 0 Å². The number of rotatable bonds is 1. The summed E-state index contributed by atoms with van der Waals surface area (Å²) in [6.07, 6.45) is 7.46. The zero-order chi connectivity index (χ0) is 9.47. The minimum absolute atomic E-state index is 0.544. The Morgan fingerprint density at radius 2 is 2.08 bits per heavy atom. The Kier molecular flexibility index (Phi) is 2.39. The second-order valence-corrected chi connectivity index (χ2v) is 5.59. The van der Waals surface area contributed by atoms with Crippen molar-refractivity contribution in [2.24, 2.45) is 17.3 Å². The van der Waals surface area contributed by atoms with Crippen LogP contribution in [0.5, 0.6) is 0 Å². The van der Waals surface area contributed by atoms with Crippen LogP contribution in [-0.2, 0) is 4.74 Å². The molecular formula is C12H22O. The van der Waals surface area contributed by atoms with Gasteiger partial charge in [-0.15, -0.1) is 0 Å². The quantitative estimate of drug-likeness (QED) is 0.605. The van der Waals surface area contributed by atoms with Gasteiger partial charge in [-0.05, 0) is 49.4 Å². The number of hydrogen-bond donors (Lipinski definition) is 0. The maximum absolute atomic E-state index is 5.57. The third kappa shape index (κ3) is 1.76. The van der Waals surface area contributed by atoms with E-state index in [1.807, 2.05) is 7.11 Å². The van der Waals surface area contributed by atoms with E-state index in [1.54, 1.807) is 0 Å². The third-order valence-electron chi connectivity index (χ3n) is 4.36. The first-order chi connectivity index (χ1) is 6.13. The monoisotopic (exact) mass is 182 g/mol. The average Bonchev–Trinajstić information content (AvgIpc) is 2.30. The molecule has 4 atom stereocenters. The van der Waals surface area contributed by atoms with E-state index in [0.29, 0.717) is 11.5 Å². The van der Waals surface area contributed by atoms with Gasteiger partial charge in [0, 0.05) is 7.11 Å². The summed E-state index contributed by atoms with van der Waals surface area (Å²) in [5.74, 6) is 1.87. The molecule has 0 spiro atoms. The van der Waals surface area contributed by atoms with Gasteiger partial charge in [0.15, 0.2) is 0 Å². The van der Waals surface area contributed by atoms with E-state index in [2.05, 4.69) is 13.8 Å². The summed E-state index contributed by atoms with van der Waals surface area (Å²) < 4.78 is 5.57. The minimum atomic E-state index is 0.544. The Bertz CT molecular complexity index is 190. The smallest absolute Gasteiger partial charge is 0.0579 e. The predicted octanol–water partition coefficient (Wildman–Crippen LogP) is 3.24. The van der Waals surface area contributed by atoms with Crippen molar-refractivity contribution in [3.05, 3.63) is 0 Å². The largest absolute Gasteiger partial charge is 0.381 e. The highest BCUT2D eigenvalue weighted by Gasteiger charge is 2.41. The van der Waals surface area contributed by atoms with Gasteiger partial charge in [-0.2, -0.15) is 0 Å². The lowest BCUT2D eigenvalue weighted by molar-refractivity contribution is 0.0624. The van der Waals surface area contributed by atoms with E-state index >= 15 is 0 Å². The van der Waals surface area contributed by atoms with Crippen LogP contribution in [0.3, 0.4) is 0 Å². The lowest BCUT2D eigenvalue weighted by Gasteiger charge is -2.37. The highest BCUT2D eigenvalue weighted by atomic mass is 16.5. The first-order valence-corrected chi connectivity index (χ1v) is 5.66. The predicted molar refractivity (Wildman–Crippen MR) is 54.6 cm³/mol. The SMILES string of the molecule is COC1CC2CCC(C)(C1)CC2C. The summed E-state index contributed by atoms with van der Waals surface area (Å²) >= 11 is 0. The first kappa shape index (κ1) is 9.51. The van der Waals surface area contributed by atoms with Gasteiger partial charge in [-0.25, -0.2) is 0 Å². The molecule has 0 radical (unpaired) electrons. The summed E-state index contributed by atoms with van der Waals surface area (Å²) in [7, 11) is 1.88. The van der Waals surface area contributed by atoms with E-state index in [1.165, 1.54) is 32.1 Å². The van der Waals surface area contributed by atoms with Gasteiger partial charge in [0.1, 0.15) is 0 Å². The van der Waals surface area contributed by atoms with Crippen LogP contribution in [0.25, 0.3) is 0 Å². The van der Waals surface area contributed by atoms with E-state index in [9.17, 15) is 0 Å². The molecule has 2 bridgehead atoms. The van der Waals surface area contributed by atoms with E-state index < -0.39 is 0 Å². The van der Waals surface area contributed by atoms with Gasteiger partial charge < -0.3 is 4.74 Å². The Morgan fingerprint density at radius 3 is 2.69 bits per heavy atom. The van der Waals surface area contributed by atoms with Crippen LogP contribution in [0.2, 0.25) is 0 Å². The zero-order valence-corrected chi connectivity index (χ0v) is 9.18. The van der Waals surface area contributed by atoms with Crippen molar-refractivity contribution in [1.29, 1.82) is 0 Å². The van der Waals surface area contributed by atoms with Crippen molar-refractivity contribution in [3.63, 3.8) is 0 Å². The molecule has 1 heteroatoms. The van der Waals surface area contributed by atoms with Gasteiger partial charge in [-0.3, -0.25) is 0 Å². The Morgan fingerprint density at radius 1 is 1.31 bits per heavy atom. The molecule has 0 aliphatic heterocycles. The molecule has 4 unspecified atom stereocenters. The molecule has 3 fully saturated rings. The topological polar surface area (TPSA) is 9.23 Å². The summed E-state index contributed by atoms with van der Waals surface area (Å²) in [6.45, 7) is 4.89. The molecule has 0 saturated heterocycles. The lowest BCUT2D eigenvalue weighted by Crippen LogP contribution is -2.27. The average molecular weight is 182 g/mol.